The van der Waals surface area contributed by atoms with Crippen molar-refractivity contribution in [2.75, 3.05) is 13.7 Å². The number of aromatic nitrogens is 1. The van der Waals surface area contributed by atoms with E-state index in [0.29, 0.717) is 6.42 Å². The molecular formula is C25H25N3O5. The van der Waals surface area contributed by atoms with Crippen LogP contribution in [-0.4, -0.2) is 53.3 Å². The van der Waals surface area contributed by atoms with Crippen LogP contribution in [0, 0.1) is 5.92 Å². The van der Waals surface area contributed by atoms with Crippen LogP contribution < -0.4 is 5.32 Å². The third-order valence-electron chi connectivity index (χ3n) is 5.92. The first-order valence-electron chi connectivity index (χ1n) is 10.8. The summed E-state index contributed by atoms with van der Waals surface area (Å²) in [5, 5.41) is 3.70. The number of ether oxygens (including phenoxy) is 1. The largest absolute Gasteiger partial charge is 0.467 e. The van der Waals surface area contributed by atoms with Crippen LogP contribution in [0.25, 0.3) is 10.9 Å². The molecule has 8 heteroatoms. The molecule has 0 radical (unpaired) electrons. The first kappa shape index (κ1) is 22.3. The highest BCUT2D eigenvalue weighted by atomic mass is 16.5. The van der Waals surface area contributed by atoms with E-state index < -0.39 is 23.8 Å². The summed E-state index contributed by atoms with van der Waals surface area (Å²) >= 11 is 0. The maximum atomic E-state index is 13.0. The SMILES string of the molecule is COC(=O)[C@@H](NC(=O)c1ccc2c(c1)C(=O)N(CCc1c[nH]c3ccccc13)C2=O)C(C)C. The van der Waals surface area contributed by atoms with Crippen LogP contribution in [0.3, 0.4) is 0 Å². The third-order valence-corrected chi connectivity index (χ3v) is 5.92. The second-order valence-electron chi connectivity index (χ2n) is 8.35. The fourth-order valence-corrected chi connectivity index (χ4v) is 4.06. The van der Waals surface area contributed by atoms with Crippen LogP contribution in [0.5, 0.6) is 0 Å². The molecule has 170 valence electrons. The number of rotatable bonds is 7. The summed E-state index contributed by atoms with van der Waals surface area (Å²) in [6.45, 7) is 3.81. The lowest BCUT2D eigenvalue weighted by molar-refractivity contribution is -0.144. The van der Waals surface area contributed by atoms with Gasteiger partial charge in [-0.05, 0) is 42.2 Å². The number of hydrogen-bond donors (Lipinski definition) is 2. The molecule has 2 aromatic carbocycles. The molecule has 2 N–H and O–H groups in total. The van der Waals surface area contributed by atoms with Gasteiger partial charge in [0.25, 0.3) is 17.7 Å². The van der Waals surface area contributed by atoms with E-state index in [-0.39, 0.29) is 35.1 Å². The number of carbonyl (C=O) groups is 4. The fourth-order valence-electron chi connectivity index (χ4n) is 4.06. The Balaban J connectivity index is 1.50. The summed E-state index contributed by atoms with van der Waals surface area (Å²) < 4.78 is 4.75. The minimum absolute atomic E-state index is 0.181. The molecule has 0 bridgehead atoms. The molecule has 3 amide bonds. The van der Waals surface area contributed by atoms with Crippen molar-refractivity contribution >= 4 is 34.6 Å². The Bertz CT molecular complexity index is 1260. The van der Waals surface area contributed by atoms with Gasteiger partial charge in [-0.25, -0.2) is 4.79 Å². The lowest BCUT2D eigenvalue weighted by Crippen LogP contribution is -2.45. The molecule has 1 aliphatic rings. The zero-order chi connectivity index (χ0) is 23.7. The average Bonchev–Trinajstić information content (AvgIpc) is 3.33. The zero-order valence-electron chi connectivity index (χ0n) is 18.7. The van der Waals surface area contributed by atoms with Crippen LogP contribution in [0.2, 0.25) is 0 Å². The summed E-state index contributed by atoms with van der Waals surface area (Å²) in [4.78, 5) is 54.9. The molecule has 0 saturated heterocycles. The summed E-state index contributed by atoms with van der Waals surface area (Å²) in [6.07, 6.45) is 2.40. The molecule has 0 fully saturated rings. The van der Waals surface area contributed by atoms with Gasteiger partial charge in [0.05, 0.1) is 18.2 Å². The minimum Gasteiger partial charge on any atom is -0.467 e. The molecule has 0 spiro atoms. The topological polar surface area (TPSA) is 109 Å². The number of nitrogens with zero attached hydrogens (tertiary/aromatic N) is 1. The van der Waals surface area contributed by atoms with Crippen LogP contribution in [-0.2, 0) is 16.0 Å². The van der Waals surface area contributed by atoms with E-state index in [1.165, 1.54) is 30.2 Å². The van der Waals surface area contributed by atoms with Crippen molar-refractivity contribution in [3.8, 4) is 0 Å². The monoisotopic (exact) mass is 447 g/mol. The van der Waals surface area contributed by atoms with Gasteiger partial charge in [-0.3, -0.25) is 19.3 Å². The van der Waals surface area contributed by atoms with Crippen molar-refractivity contribution in [3.63, 3.8) is 0 Å². The van der Waals surface area contributed by atoms with Crippen LogP contribution >= 0.6 is 0 Å². The van der Waals surface area contributed by atoms with Gasteiger partial charge in [-0.15, -0.1) is 0 Å². The quantitative estimate of drug-likeness (QED) is 0.428. The number of H-pyrrole nitrogens is 1. The molecule has 2 heterocycles. The van der Waals surface area contributed by atoms with E-state index in [9.17, 15) is 19.2 Å². The highest BCUT2D eigenvalue weighted by Gasteiger charge is 2.36. The highest BCUT2D eigenvalue weighted by molar-refractivity contribution is 6.22. The van der Waals surface area contributed by atoms with E-state index in [1.54, 1.807) is 13.8 Å². The number of imide groups is 1. The lowest BCUT2D eigenvalue weighted by Gasteiger charge is -2.19. The number of methoxy groups -OCH3 is 1. The molecule has 0 unspecified atom stereocenters. The first-order chi connectivity index (χ1) is 15.8. The molecule has 0 saturated carbocycles. The fraction of sp³-hybridized carbons (Fsp3) is 0.280. The molecule has 1 atom stereocenters. The van der Waals surface area contributed by atoms with Crippen molar-refractivity contribution in [3.05, 3.63) is 70.9 Å². The molecular weight excluding hydrogens is 422 g/mol. The third kappa shape index (κ3) is 4.11. The van der Waals surface area contributed by atoms with Crippen LogP contribution in [0.1, 0.15) is 50.5 Å². The second-order valence-corrected chi connectivity index (χ2v) is 8.35. The second kappa shape index (κ2) is 8.90. The van der Waals surface area contributed by atoms with E-state index in [4.69, 9.17) is 4.74 Å². The summed E-state index contributed by atoms with van der Waals surface area (Å²) in [5.74, 6) is -2.05. The molecule has 4 rings (SSSR count). The number of fused-ring (bicyclic) bond motifs is 2. The zero-order valence-corrected chi connectivity index (χ0v) is 18.7. The van der Waals surface area contributed by atoms with E-state index in [2.05, 4.69) is 10.3 Å². The smallest absolute Gasteiger partial charge is 0.328 e. The van der Waals surface area contributed by atoms with Gasteiger partial charge in [-0.2, -0.15) is 0 Å². The van der Waals surface area contributed by atoms with Gasteiger partial charge >= 0.3 is 5.97 Å². The summed E-state index contributed by atoms with van der Waals surface area (Å²) in [7, 11) is 1.26. The highest BCUT2D eigenvalue weighted by Crippen LogP contribution is 2.26. The molecule has 1 aromatic heterocycles. The molecule has 3 aromatic rings. The van der Waals surface area contributed by atoms with Gasteiger partial charge < -0.3 is 15.0 Å². The van der Waals surface area contributed by atoms with Gasteiger partial charge in [0.2, 0.25) is 0 Å². The van der Waals surface area contributed by atoms with Crippen LogP contribution in [0.4, 0.5) is 0 Å². The standard InChI is InChI=1S/C25H25N3O5/c1-14(2)21(25(32)33-3)27-22(29)15-8-9-18-19(12-15)24(31)28(23(18)30)11-10-16-13-26-20-7-5-4-6-17(16)20/h4-9,12-14,21,26H,10-11H2,1-3H3,(H,27,29)/t21-/m0/s1. The van der Waals surface area contributed by atoms with Gasteiger partial charge in [-0.1, -0.05) is 32.0 Å². The number of para-hydroxylation sites is 1. The van der Waals surface area contributed by atoms with Crippen molar-refractivity contribution in [2.45, 2.75) is 26.3 Å². The number of aromatic amines is 1. The van der Waals surface area contributed by atoms with E-state index in [1.807, 2.05) is 30.5 Å². The number of esters is 1. The molecule has 8 nitrogen and oxygen atoms in total. The predicted molar refractivity (Wildman–Crippen MR) is 122 cm³/mol. The summed E-state index contributed by atoms with van der Waals surface area (Å²) in [5.41, 5.74) is 2.67. The van der Waals surface area contributed by atoms with Crippen molar-refractivity contribution < 1.29 is 23.9 Å². The number of nitrogens with one attached hydrogen (secondary N) is 2. The number of hydrogen-bond acceptors (Lipinski definition) is 5. The lowest BCUT2D eigenvalue weighted by atomic mass is 10.0. The molecule has 1 aliphatic heterocycles. The molecule has 33 heavy (non-hydrogen) atoms. The van der Waals surface area contributed by atoms with Crippen molar-refractivity contribution in [1.29, 1.82) is 0 Å². The Morgan fingerprint density at radius 2 is 1.79 bits per heavy atom. The Morgan fingerprint density at radius 1 is 1.06 bits per heavy atom. The summed E-state index contributed by atoms with van der Waals surface area (Å²) in [6, 6.07) is 11.4. The van der Waals surface area contributed by atoms with Gasteiger partial charge in [0.1, 0.15) is 6.04 Å². The Hall–Kier alpha value is -3.94. The normalized spacial score (nSPS) is 14.0. The van der Waals surface area contributed by atoms with Crippen molar-refractivity contribution in [2.24, 2.45) is 5.92 Å². The maximum Gasteiger partial charge on any atom is 0.328 e. The van der Waals surface area contributed by atoms with E-state index >= 15 is 0 Å². The first-order valence-corrected chi connectivity index (χ1v) is 10.8. The Kier molecular flexibility index (Phi) is 6.00. The Labute approximate surface area is 190 Å². The number of amides is 3. The predicted octanol–water partition coefficient (Wildman–Crippen LogP) is 2.93. The minimum atomic E-state index is -0.819. The van der Waals surface area contributed by atoms with Crippen molar-refractivity contribution in [1.82, 2.24) is 15.2 Å². The van der Waals surface area contributed by atoms with E-state index in [0.717, 1.165) is 16.5 Å². The number of benzene rings is 2. The number of carbonyl (C=O) groups excluding carboxylic acids is 4. The van der Waals surface area contributed by atoms with Crippen LogP contribution in [0.15, 0.2) is 48.7 Å². The Morgan fingerprint density at radius 3 is 2.52 bits per heavy atom. The average molecular weight is 447 g/mol. The maximum absolute atomic E-state index is 13.0. The van der Waals surface area contributed by atoms with Gasteiger partial charge in [0, 0.05) is 29.2 Å². The molecule has 0 aliphatic carbocycles. The van der Waals surface area contributed by atoms with Gasteiger partial charge in [0.15, 0.2) is 0 Å².